The monoisotopic (exact) mass is 345 g/mol. The summed E-state index contributed by atoms with van der Waals surface area (Å²) in [5, 5.41) is 15.4. The molecule has 0 bridgehead atoms. The Kier molecular flexibility index (Phi) is 6.69. The summed E-state index contributed by atoms with van der Waals surface area (Å²) in [5.41, 5.74) is 0.612. The van der Waals surface area contributed by atoms with Crippen molar-refractivity contribution in [2.24, 2.45) is 0 Å². The van der Waals surface area contributed by atoms with Crippen LogP contribution in [0.1, 0.15) is 59.3 Å². The molecule has 5 heteroatoms. The number of aromatic nitrogens is 2. The second-order valence-corrected chi connectivity index (χ2v) is 6.24. The number of likely N-dealkylation sites (N-methyl/N-ethyl adjacent to an activating group) is 1. The summed E-state index contributed by atoms with van der Waals surface area (Å²) < 4.78 is 2.82. The van der Waals surface area contributed by atoms with Crippen molar-refractivity contribution in [3.05, 3.63) is 16.4 Å². The van der Waals surface area contributed by atoms with Crippen LogP contribution in [0.2, 0.25) is 0 Å². The van der Waals surface area contributed by atoms with Crippen LogP contribution < -0.4 is 0 Å². The molecule has 1 aromatic heterocycles. The van der Waals surface area contributed by atoms with Gasteiger partial charge in [0.1, 0.15) is 6.10 Å². The number of nitrogens with zero attached hydrogens (tertiary/aromatic N) is 3. The van der Waals surface area contributed by atoms with E-state index < -0.39 is 6.10 Å². The van der Waals surface area contributed by atoms with Crippen LogP contribution in [0.15, 0.2) is 10.7 Å². The first-order valence-electron chi connectivity index (χ1n) is 7.60. The first-order valence-corrected chi connectivity index (χ1v) is 8.39. The van der Waals surface area contributed by atoms with E-state index in [2.05, 4.69) is 60.5 Å². The highest BCUT2D eigenvalue weighted by atomic mass is 79.9. The molecular formula is C15H28BrN3O. The summed E-state index contributed by atoms with van der Waals surface area (Å²) in [6, 6.07) is 0. The van der Waals surface area contributed by atoms with E-state index in [0.29, 0.717) is 0 Å². The Morgan fingerprint density at radius 1 is 1.35 bits per heavy atom. The standard InChI is InChI=1S/C15H28BrN3O/c1-6-10-19-13(12(16)11-17-19)14(20)15(5,7-2)18(8-3)9-4/h11,14,20H,6-10H2,1-5H3. The maximum Gasteiger partial charge on any atom is 0.115 e. The SMILES string of the molecule is CCCn1ncc(Br)c1C(O)C(C)(CC)N(CC)CC. The van der Waals surface area contributed by atoms with Crippen molar-refractivity contribution >= 4 is 15.9 Å². The van der Waals surface area contributed by atoms with Crippen LogP contribution in [0.3, 0.4) is 0 Å². The maximum absolute atomic E-state index is 11.0. The Bertz CT molecular complexity index is 417. The van der Waals surface area contributed by atoms with Gasteiger partial charge in [-0.25, -0.2) is 0 Å². The molecule has 0 amide bonds. The van der Waals surface area contributed by atoms with Crippen molar-refractivity contribution in [2.75, 3.05) is 13.1 Å². The van der Waals surface area contributed by atoms with Gasteiger partial charge in [-0.05, 0) is 48.8 Å². The molecular weight excluding hydrogens is 318 g/mol. The lowest BCUT2D eigenvalue weighted by molar-refractivity contribution is -0.0263. The molecule has 0 fully saturated rings. The molecule has 0 saturated heterocycles. The zero-order valence-corrected chi connectivity index (χ0v) is 14.9. The van der Waals surface area contributed by atoms with E-state index in [1.807, 2.05) is 4.68 Å². The smallest absolute Gasteiger partial charge is 0.115 e. The van der Waals surface area contributed by atoms with Crippen molar-refractivity contribution in [2.45, 2.75) is 65.6 Å². The van der Waals surface area contributed by atoms with Gasteiger partial charge in [-0.2, -0.15) is 5.10 Å². The van der Waals surface area contributed by atoms with Crippen molar-refractivity contribution in [3.8, 4) is 0 Å². The van der Waals surface area contributed by atoms with Crippen molar-refractivity contribution < 1.29 is 5.11 Å². The minimum atomic E-state index is -0.559. The van der Waals surface area contributed by atoms with Gasteiger partial charge in [0.2, 0.25) is 0 Å². The van der Waals surface area contributed by atoms with Gasteiger partial charge in [-0.15, -0.1) is 0 Å². The third-order valence-electron chi connectivity index (χ3n) is 4.32. The molecule has 0 radical (unpaired) electrons. The summed E-state index contributed by atoms with van der Waals surface area (Å²) in [7, 11) is 0. The molecule has 0 aromatic carbocycles. The number of aliphatic hydroxyl groups is 1. The normalized spacial score (nSPS) is 16.4. The molecule has 4 nitrogen and oxygen atoms in total. The van der Waals surface area contributed by atoms with Crippen LogP contribution in [0.5, 0.6) is 0 Å². The predicted octanol–water partition coefficient (Wildman–Crippen LogP) is 3.60. The third-order valence-corrected chi connectivity index (χ3v) is 4.93. The molecule has 2 unspecified atom stereocenters. The first kappa shape index (κ1) is 17.7. The minimum absolute atomic E-state index is 0.280. The van der Waals surface area contributed by atoms with Gasteiger partial charge >= 0.3 is 0 Å². The van der Waals surface area contributed by atoms with Crippen molar-refractivity contribution in [1.82, 2.24) is 14.7 Å². The Hall–Kier alpha value is -0.390. The summed E-state index contributed by atoms with van der Waals surface area (Å²) in [6.45, 7) is 13.4. The molecule has 1 aromatic rings. The Labute approximate surface area is 131 Å². The molecule has 116 valence electrons. The fourth-order valence-electron chi connectivity index (χ4n) is 2.86. The molecule has 0 saturated carbocycles. The quantitative estimate of drug-likeness (QED) is 0.782. The summed E-state index contributed by atoms with van der Waals surface area (Å²) in [6.07, 6.45) is 3.12. The topological polar surface area (TPSA) is 41.3 Å². The van der Waals surface area contributed by atoms with Crippen molar-refractivity contribution in [3.63, 3.8) is 0 Å². The van der Waals surface area contributed by atoms with Crippen LogP contribution in [0.25, 0.3) is 0 Å². The van der Waals surface area contributed by atoms with E-state index in [1.165, 1.54) is 0 Å². The fraction of sp³-hybridized carbons (Fsp3) is 0.800. The third kappa shape index (κ3) is 3.26. The average Bonchev–Trinajstić information content (AvgIpc) is 2.80. The van der Waals surface area contributed by atoms with Gasteiger partial charge in [-0.1, -0.05) is 27.7 Å². The lowest BCUT2D eigenvalue weighted by Gasteiger charge is -2.43. The molecule has 1 rings (SSSR count). The highest BCUT2D eigenvalue weighted by Crippen LogP contribution is 2.37. The highest BCUT2D eigenvalue weighted by Gasteiger charge is 2.39. The van der Waals surface area contributed by atoms with Gasteiger partial charge in [-0.3, -0.25) is 9.58 Å². The van der Waals surface area contributed by atoms with E-state index >= 15 is 0 Å². The van der Waals surface area contributed by atoms with Gasteiger partial charge in [0, 0.05) is 12.1 Å². The Morgan fingerprint density at radius 2 is 1.95 bits per heavy atom. The largest absolute Gasteiger partial charge is 0.385 e. The molecule has 0 spiro atoms. The number of rotatable bonds is 8. The van der Waals surface area contributed by atoms with Gasteiger partial charge in [0.15, 0.2) is 0 Å². The molecule has 0 aliphatic heterocycles. The number of hydrogen-bond acceptors (Lipinski definition) is 3. The predicted molar refractivity (Wildman–Crippen MR) is 86.8 cm³/mol. The van der Waals surface area contributed by atoms with Crippen LogP contribution in [0, 0.1) is 0 Å². The van der Waals surface area contributed by atoms with Crippen LogP contribution >= 0.6 is 15.9 Å². The molecule has 0 aliphatic carbocycles. The maximum atomic E-state index is 11.0. The molecule has 0 aliphatic rings. The molecule has 2 atom stereocenters. The number of halogens is 1. The highest BCUT2D eigenvalue weighted by molar-refractivity contribution is 9.10. The molecule has 1 heterocycles. The second-order valence-electron chi connectivity index (χ2n) is 5.39. The Morgan fingerprint density at radius 3 is 2.40 bits per heavy atom. The minimum Gasteiger partial charge on any atom is -0.385 e. The van der Waals surface area contributed by atoms with Crippen LogP contribution in [-0.2, 0) is 6.54 Å². The summed E-state index contributed by atoms with van der Waals surface area (Å²) in [5.74, 6) is 0. The van der Waals surface area contributed by atoms with E-state index in [4.69, 9.17) is 0 Å². The average molecular weight is 346 g/mol. The molecule has 20 heavy (non-hydrogen) atoms. The van der Waals surface area contributed by atoms with Crippen LogP contribution in [0.4, 0.5) is 0 Å². The van der Waals surface area contributed by atoms with E-state index in [1.54, 1.807) is 6.20 Å². The second kappa shape index (κ2) is 7.57. The van der Waals surface area contributed by atoms with E-state index in [9.17, 15) is 5.11 Å². The summed E-state index contributed by atoms with van der Waals surface area (Å²) in [4.78, 5) is 2.33. The van der Waals surface area contributed by atoms with E-state index in [-0.39, 0.29) is 5.54 Å². The van der Waals surface area contributed by atoms with Gasteiger partial charge < -0.3 is 5.11 Å². The number of aliphatic hydroxyl groups excluding tert-OH is 1. The van der Waals surface area contributed by atoms with Crippen molar-refractivity contribution in [1.29, 1.82) is 0 Å². The first-order chi connectivity index (χ1) is 9.46. The van der Waals surface area contributed by atoms with E-state index in [0.717, 1.165) is 42.6 Å². The number of hydrogen-bond donors (Lipinski definition) is 1. The summed E-state index contributed by atoms with van der Waals surface area (Å²) >= 11 is 3.54. The van der Waals surface area contributed by atoms with Crippen LogP contribution in [-0.4, -0.2) is 38.4 Å². The fourth-order valence-corrected chi connectivity index (χ4v) is 3.38. The van der Waals surface area contributed by atoms with Gasteiger partial charge in [0.05, 0.1) is 16.4 Å². The lowest BCUT2D eigenvalue weighted by Crippen LogP contribution is -2.50. The molecule has 1 N–H and O–H groups in total. The zero-order valence-electron chi connectivity index (χ0n) is 13.4. The lowest BCUT2D eigenvalue weighted by atomic mass is 9.87. The number of aryl methyl sites for hydroxylation is 1. The Balaban J connectivity index is 3.19. The van der Waals surface area contributed by atoms with Gasteiger partial charge in [0.25, 0.3) is 0 Å². The zero-order chi connectivity index (χ0) is 15.3.